The van der Waals surface area contributed by atoms with E-state index in [-0.39, 0.29) is 29.8 Å². The predicted octanol–water partition coefficient (Wildman–Crippen LogP) is 3.83. The molecule has 1 N–H and O–H groups in total. The zero-order valence-electron chi connectivity index (χ0n) is 17.6. The quantitative estimate of drug-likeness (QED) is 0.429. The molecule has 0 radical (unpaired) electrons. The van der Waals surface area contributed by atoms with Crippen molar-refractivity contribution in [3.05, 3.63) is 33.9 Å². The number of hydrogen-bond acceptors (Lipinski definition) is 6. The van der Waals surface area contributed by atoms with Crippen molar-refractivity contribution in [2.45, 2.75) is 64.3 Å². The highest BCUT2D eigenvalue weighted by molar-refractivity contribution is 5.93. The number of rotatable bonds is 6. The van der Waals surface area contributed by atoms with Gasteiger partial charge >= 0.3 is 5.97 Å². The Morgan fingerprint density at radius 3 is 2.50 bits per heavy atom. The van der Waals surface area contributed by atoms with Crippen molar-refractivity contribution in [3.8, 4) is 0 Å². The molecule has 0 unspecified atom stereocenters. The Morgan fingerprint density at radius 2 is 1.83 bits per heavy atom. The number of anilines is 1. The van der Waals surface area contributed by atoms with E-state index in [2.05, 4.69) is 12.2 Å². The fourth-order valence-electron chi connectivity index (χ4n) is 4.37. The van der Waals surface area contributed by atoms with E-state index in [0.717, 1.165) is 58.0 Å². The first-order valence-electron chi connectivity index (χ1n) is 11.0. The molecule has 8 heteroatoms. The largest absolute Gasteiger partial charge is 0.452 e. The minimum atomic E-state index is -0.729. The van der Waals surface area contributed by atoms with Gasteiger partial charge in [-0.15, -0.1) is 0 Å². The number of hydrogen-bond donors (Lipinski definition) is 1. The molecule has 2 atom stereocenters. The van der Waals surface area contributed by atoms with Gasteiger partial charge in [0.15, 0.2) is 6.61 Å². The number of nitrogens with zero attached hydrogens (tertiary/aromatic N) is 2. The second kappa shape index (κ2) is 10.4. The van der Waals surface area contributed by atoms with Crippen molar-refractivity contribution in [1.82, 2.24) is 5.32 Å². The molecule has 1 heterocycles. The van der Waals surface area contributed by atoms with E-state index in [9.17, 15) is 19.7 Å². The van der Waals surface area contributed by atoms with Crippen LogP contribution in [-0.4, -0.2) is 42.5 Å². The monoisotopic (exact) mass is 417 g/mol. The van der Waals surface area contributed by atoms with Crippen LogP contribution in [-0.2, 0) is 9.53 Å². The molecule has 2 aliphatic rings. The third-order valence-corrected chi connectivity index (χ3v) is 6.15. The fourth-order valence-corrected chi connectivity index (χ4v) is 4.37. The van der Waals surface area contributed by atoms with Gasteiger partial charge in [0.05, 0.1) is 10.5 Å². The smallest absolute Gasteiger partial charge is 0.338 e. The third kappa shape index (κ3) is 5.70. The summed E-state index contributed by atoms with van der Waals surface area (Å²) in [5.74, 6) is -0.655. The highest BCUT2D eigenvalue weighted by Crippen LogP contribution is 2.31. The number of ether oxygens (including phenoxy) is 1. The molecule has 0 bridgehead atoms. The molecule has 164 valence electrons. The van der Waals surface area contributed by atoms with Crippen LogP contribution >= 0.6 is 0 Å². The Balaban J connectivity index is 1.61. The van der Waals surface area contributed by atoms with Crippen LogP contribution in [0.4, 0.5) is 11.4 Å². The maximum absolute atomic E-state index is 12.4. The van der Waals surface area contributed by atoms with E-state index >= 15 is 0 Å². The first-order chi connectivity index (χ1) is 14.5. The van der Waals surface area contributed by atoms with Gasteiger partial charge in [0, 0.05) is 25.2 Å². The molecule has 1 aromatic rings. The molecule has 3 rings (SSSR count). The van der Waals surface area contributed by atoms with Crippen LogP contribution in [0.2, 0.25) is 0 Å². The van der Waals surface area contributed by atoms with Crippen LogP contribution in [0.5, 0.6) is 0 Å². The van der Waals surface area contributed by atoms with Gasteiger partial charge in [-0.2, -0.15) is 0 Å². The Hall–Kier alpha value is -2.64. The van der Waals surface area contributed by atoms with Gasteiger partial charge in [-0.1, -0.05) is 32.6 Å². The minimum absolute atomic E-state index is 0.0825. The molecule has 1 aliphatic carbocycles. The number of nitrogens with one attached hydrogen (secondary N) is 1. The minimum Gasteiger partial charge on any atom is -0.452 e. The van der Waals surface area contributed by atoms with Crippen LogP contribution < -0.4 is 10.2 Å². The molecule has 1 saturated carbocycles. The van der Waals surface area contributed by atoms with Crippen LogP contribution in [0.1, 0.15) is 68.6 Å². The Labute approximate surface area is 177 Å². The number of nitro groups is 1. The van der Waals surface area contributed by atoms with Crippen molar-refractivity contribution in [1.29, 1.82) is 0 Å². The molecule has 2 fully saturated rings. The van der Waals surface area contributed by atoms with Crippen molar-refractivity contribution < 1.29 is 19.2 Å². The zero-order valence-corrected chi connectivity index (χ0v) is 17.6. The fraction of sp³-hybridized carbons (Fsp3) is 0.636. The Kier molecular flexibility index (Phi) is 7.65. The average Bonchev–Trinajstić information content (AvgIpc) is 3.02. The Morgan fingerprint density at radius 1 is 1.13 bits per heavy atom. The summed E-state index contributed by atoms with van der Waals surface area (Å²) in [7, 11) is 0. The van der Waals surface area contributed by atoms with E-state index in [1.54, 1.807) is 6.07 Å². The number of benzene rings is 1. The topological polar surface area (TPSA) is 102 Å². The van der Waals surface area contributed by atoms with Crippen LogP contribution in [0, 0.1) is 16.0 Å². The Bertz CT molecular complexity index is 774. The van der Waals surface area contributed by atoms with Gasteiger partial charge < -0.3 is 15.0 Å². The lowest BCUT2D eigenvalue weighted by Gasteiger charge is -2.29. The summed E-state index contributed by atoms with van der Waals surface area (Å²) in [5, 5.41) is 14.5. The molecule has 30 heavy (non-hydrogen) atoms. The van der Waals surface area contributed by atoms with Gasteiger partial charge in [0.2, 0.25) is 0 Å². The lowest BCUT2D eigenvalue weighted by atomic mass is 9.86. The van der Waals surface area contributed by atoms with Crippen molar-refractivity contribution in [2.75, 3.05) is 24.6 Å². The number of esters is 1. The van der Waals surface area contributed by atoms with E-state index in [1.165, 1.54) is 18.6 Å². The van der Waals surface area contributed by atoms with Gasteiger partial charge in [0.1, 0.15) is 5.69 Å². The number of amides is 1. The number of carbonyl (C=O) groups is 2. The van der Waals surface area contributed by atoms with E-state index in [1.807, 2.05) is 4.90 Å². The number of carbonyl (C=O) groups excluding carboxylic acids is 2. The first kappa shape index (κ1) is 22.1. The van der Waals surface area contributed by atoms with Gasteiger partial charge in [-0.3, -0.25) is 14.9 Å². The average molecular weight is 418 g/mol. The van der Waals surface area contributed by atoms with Gasteiger partial charge in [0.25, 0.3) is 11.6 Å². The highest BCUT2D eigenvalue weighted by Gasteiger charge is 2.25. The van der Waals surface area contributed by atoms with E-state index < -0.39 is 10.9 Å². The van der Waals surface area contributed by atoms with Gasteiger partial charge in [-0.25, -0.2) is 4.79 Å². The SMILES string of the molecule is C[C@@H]1CCCC[C@@H]1NC(=O)COC(=O)c1ccc(N2CCCCCC2)c([N+](=O)[O-])c1. The van der Waals surface area contributed by atoms with Crippen LogP contribution in [0.25, 0.3) is 0 Å². The van der Waals surface area contributed by atoms with Gasteiger partial charge in [-0.05, 0) is 43.7 Å². The van der Waals surface area contributed by atoms with Crippen LogP contribution in [0.15, 0.2) is 18.2 Å². The maximum Gasteiger partial charge on any atom is 0.338 e. The molecule has 8 nitrogen and oxygen atoms in total. The second-order valence-corrected chi connectivity index (χ2v) is 8.37. The lowest BCUT2D eigenvalue weighted by Crippen LogP contribution is -2.42. The first-order valence-corrected chi connectivity index (χ1v) is 11.0. The summed E-state index contributed by atoms with van der Waals surface area (Å²) >= 11 is 0. The summed E-state index contributed by atoms with van der Waals surface area (Å²) in [6, 6.07) is 4.52. The summed E-state index contributed by atoms with van der Waals surface area (Å²) in [4.78, 5) is 37.7. The summed E-state index contributed by atoms with van der Waals surface area (Å²) in [6.45, 7) is 3.26. The van der Waals surface area contributed by atoms with E-state index in [0.29, 0.717) is 11.6 Å². The second-order valence-electron chi connectivity index (χ2n) is 8.37. The standard InChI is InChI=1S/C22H31N3O5/c1-16-8-4-5-9-18(16)23-21(26)15-30-22(27)17-10-11-19(20(14-17)25(28)29)24-12-6-2-3-7-13-24/h10-11,14,16,18H,2-9,12-13,15H2,1H3,(H,23,26)/t16-,18+/m1/s1. The molecule has 1 aromatic carbocycles. The summed E-state index contributed by atoms with van der Waals surface area (Å²) < 4.78 is 5.12. The molecule has 0 aromatic heterocycles. The molecule has 0 spiro atoms. The van der Waals surface area contributed by atoms with Crippen molar-refractivity contribution in [3.63, 3.8) is 0 Å². The predicted molar refractivity (Wildman–Crippen MR) is 114 cm³/mol. The summed E-state index contributed by atoms with van der Waals surface area (Å²) in [6.07, 6.45) is 8.51. The molecule has 1 amide bonds. The molecular formula is C22H31N3O5. The molecule has 1 aliphatic heterocycles. The van der Waals surface area contributed by atoms with Crippen molar-refractivity contribution in [2.24, 2.45) is 5.92 Å². The lowest BCUT2D eigenvalue weighted by molar-refractivity contribution is -0.384. The molecular weight excluding hydrogens is 386 g/mol. The third-order valence-electron chi connectivity index (χ3n) is 6.15. The highest BCUT2D eigenvalue weighted by atomic mass is 16.6. The van der Waals surface area contributed by atoms with Crippen molar-refractivity contribution >= 4 is 23.3 Å². The zero-order chi connectivity index (χ0) is 21.5. The summed E-state index contributed by atoms with van der Waals surface area (Å²) in [5.41, 5.74) is 0.508. The number of nitro benzene ring substituents is 1. The normalized spacial score (nSPS) is 22.1. The van der Waals surface area contributed by atoms with Crippen LogP contribution in [0.3, 0.4) is 0 Å². The maximum atomic E-state index is 12.4. The van der Waals surface area contributed by atoms with E-state index in [4.69, 9.17) is 4.74 Å². The molecule has 1 saturated heterocycles.